The van der Waals surface area contributed by atoms with Gasteiger partial charge in [0.05, 0.1) is 5.52 Å². The fourth-order valence-electron chi connectivity index (χ4n) is 3.72. The van der Waals surface area contributed by atoms with Crippen LogP contribution >= 0.6 is 0 Å². The van der Waals surface area contributed by atoms with Gasteiger partial charge in [-0.1, -0.05) is 17.7 Å². The molecular formula is C22H25N3. The summed E-state index contributed by atoms with van der Waals surface area (Å²) in [5.74, 6) is 0. The third kappa shape index (κ3) is 3.12. The van der Waals surface area contributed by atoms with Gasteiger partial charge in [-0.3, -0.25) is 4.98 Å². The second kappa shape index (κ2) is 6.49. The van der Waals surface area contributed by atoms with Crippen LogP contribution in [0.4, 0.5) is 0 Å². The Morgan fingerprint density at radius 1 is 1.04 bits per heavy atom. The molecule has 4 rings (SSSR count). The molecule has 128 valence electrons. The molecule has 0 saturated carbocycles. The Hall–Kier alpha value is -2.39. The molecule has 0 N–H and O–H groups in total. The van der Waals surface area contributed by atoms with Crippen LogP contribution in [-0.4, -0.2) is 34.6 Å². The Morgan fingerprint density at radius 3 is 2.68 bits per heavy atom. The molecule has 3 heteroatoms. The van der Waals surface area contributed by atoms with Crippen molar-refractivity contribution in [2.24, 2.45) is 0 Å². The van der Waals surface area contributed by atoms with E-state index in [1.165, 1.54) is 27.7 Å². The number of nitrogens with zero attached hydrogens (tertiary/aromatic N) is 3. The monoisotopic (exact) mass is 331 g/mol. The fraction of sp³-hybridized carbons (Fsp3) is 0.318. The topological polar surface area (TPSA) is 21.1 Å². The highest BCUT2D eigenvalue weighted by atomic mass is 15.1. The summed E-state index contributed by atoms with van der Waals surface area (Å²) in [4.78, 5) is 6.83. The Morgan fingerprint density at radius 2 is 1.88 bits per heavy atom. The van der Waals surface area contributed by atoms with Gasteiger partial charge >= 0.3 is 0 Å². The maximum Gasteiger partial charge on any atom is 0.0528 e. The van der Waals surface area contributed by atoms with Gasteiger partial charge in [-0.25, -0.2) is 0 Å². The van der Waals surface area contributed by atoms with Crippen molar-refractivity contribution in [2.75, 3.05) is 20.1 Å². The predicted octanol–water partition coefficient (Wildman–Crippen LogP) is 4.31. The number of aromatic nitrogens is 2. The standard InChI is InChI=1S/C22H25N3/c1-16-4-7-21-20(14-16)19-9-11-24(3)12-10-22(19)25(21)13-8-18-6-5-17(2)23-15-18/h4-8,13-15H,9-12H2,1-3H3. The van der Waals surface area contributed by atoms with E-state index in [-0.39, 0.29) is 0 Å². The third-order valence-corrected chi connectivity index (χ3v) is 5.20. The lowest BCUT2D eigenvalue weighted by Gasteiger charge is -2.12. The minimum absolute atomic E-state index is 1.05. The lowest BCUT2D eigenvalue weighted by molar-refractivity contribution is 0.351. The lowest BCUT2D eigenvalue weighted by Crippen LogP contribution is -2.21. The largest absolute Gasteiger partial charge is 0.320 e. The maximum atomic E-state index is 4.40. The lowest BCUT2D eigenvalue weighted by atomic mass is 10.1. The molecule has 3 nitrogen and oxygen atoms in total. The quantitative estimate of drug-likeness (QED) is 0.697. The van der Waals surface area contributed by atoms with E-state index in [1.54, 1.807) is 0 Å². The number of benzene rings is 1. The van der Waals surface area contributed by atoms with Gasteiger partial charge in [-0.05, 0) is 62.7 Å². The minimum Gasteiger partial charge on any atom is -0.320 e. The van der Waals surface area contributed by atoms with E-state index >= 15 is 0 Å². The molecule has 2 aromatic heterocycles. The van der Waals surface area contributed by atoms with Crippen molar-refractivity contribution in [1.82, 2.24) is 14.5 Å². The van der Waals surface area contributed by atoms with Crippen molar-refractivity contribution >= 4 is 23.2 Å². The van der Waals surface area contributed by atoms with E-state index in [9.17, 15) is 0 Å². The first-order valence-corrected chi connectivity index (χ1v) is 9.03. The van der Waals surface area contributed by atoms with Crippen LogP contribution in [-0.2, 0) is 12.8 Å². The molecule has 0 fully saturated rings. The predicted molar refractivity (Wildman–Crippen MR) is 106 cm³/mol. The van der Waals surface area contributed by atoms with Crippen LogP contribution in [0.5, 0.6) is 0 Å². The molecule has 1 aliphatic heterocycles. The highest BCUT2D eigenvalue weighted by molar-refractivity contribution is 5.89. The van der Waals surface area contributed by atoms with Crippen molar-refractivity contribution in [3.63, 3.8) is 0 Å². The number of hydrogen-bond donors (Lipinski definition) is 0. The minimum atomic E-state index is 1.05. The summed E-state index contributed by atoms with van der Waals surface area (Å²) in [5.41, 5.74) is 7.82. The van der Waals surface area contributed by atoms with Gasteiger partial charge in [-0.2, -0.15) is 0 Å². The molecule has 0 spiro atoms. The maximum absolute atomic E-state index is 4.40. The highest BCUT2D eigenvalue weighted by Crippen LogP contribution is 2.30. The summed E-state index contributed by atoms with van der Waals surface area (Å²) in [7, 11) is 2.22. The number of hydrogen-bond acceptors (Lipinski definition) is 2. The first-order chi connectivity index (χ1) is 12.1. The summed E-state index contributed by atoms with van der Waals surface area (Å²) in [6.07, 6.45) is 8.54. The Balaban J connectivity index is 1.83. The molecule has 3 aromatic rings. The molecular weight excluding hydrogens is 306 g/mol. The Kier molecular flexibility index (Phi) is 4.18. The average molecular weight is 331 g/mol. The number of aryl methyl sites for hydroxylation is 2. The fourth-order valence-corrected chi connectivity index (χ4v) is 3.72. The molecule has 0 atom stereocenters. The van der Waals surface area contributed by atoms with Crippen LogP contribution < -0.4 is 0 Å². The third-order valence-electron chi connectivity index (χ3n) is 5.20. The first-order valence-electron chi connectivity index (χ1n) is 9.03. The molecule has 25 heavy (non-hydrogen) atoms. The van der Waals surface area contributed by atoms with Crippen molar-refractivity contribution in [1.29, 1.82) is 0 Å². The molecule has 0 amide bonds. The highest BCUT2D eigenvalue weighted by Gasteiger charge is 2.19. The van der Waals surface area contributed by atoms with Gasteiger partial charge in [0.1, 0.15) is 0 Å². The van der Waals surface area contributed by atoms with Gasteiger partial charge in [0, 0.05) is 48.7 Å². The van der Waals surface area contributed by atoms with Crippen LogP contribution in [0.15, 0.2) is 36.5 Å². The second-order valence-corrected chi connectivity index (χ2v) is 7.17. The smallest absolute Gasteiger partial charge is 0.0528 e. The van der Waals surface area contributed by atoms with Crippen molar-refractivity contribution in [2.45, 2.75) is 26.7 Å². The van der Waals surface area contributed by atoms with Crippen LogP contribution in [0.2, 0.25) is 0 Å². The van der Waals surface area contributed by atoms with Gasteiger partial charge in [0.15, 0.2) is 0 Å². The zero-order chi connectivity index (χ0) is 17.4. The Labute approximate surface area is 149 Å². The summed E-state index contributed by atoms with van der Waals surface area (Å²) in [6.45, 7) is 6.44. The zero-order valence-corrected chi connectivity index (χ0v) is 15.3. The van der Waals surface area contributed by atoms with Crippen molar-refractivity contribution in [3.05, 3.63) is 64.6 Å². The first kappa shape index (κ1) is 16.1. The number of pyridine rings is 1. The molecule has 1 aromatic carbocycles. The van der Waals surface area contributed by atoms with Crippen LogP contribution in [0.3, 0.4) is 0 Å². The van der Waals surface area contributed by atoms with Crippen LogP contribution in [0, 0.1) is 13.8 Å². The Bertz CT molecular complexity index is 932. The number of rotatable bonds is 2. The van der Waals surface area contributed by atoms with Crippen molar-refractivity contribution in [3.8, 4) is 0 Å². The molecule has 0 unspecified atom stereocenters. The van der Waals surface area contributed by atoms with Gasteiger partial charge in [-0.15, -0.1) is 0 Å². The normalized spacial score (nSPS) is 15.6. The summed E-state index contributed by atoms with van der Waals surface area (Å²) in [6, 6.07) is 11.0. The molecule has 3 heterocycles. The van der Waals surface area contributed by atoms with Gasteiger partial charge in [0.2, 0.25) is 0 Å². The van der Waals surface area contributed by atoms with Gasteiger partial charge < -0.3 is 9.47 Å². The second-order valence-electron chi connectivity index (χ2n) is 7.17. The SMILES string of the molecule is Cc1ccc2c(c1)c1c(n2C=Cc2ccc(C)nc2)CCN(C)CC1. The zero-order valence-electron chi connectivity index (χ0n) is 15.3. The van der Waals surface area contributed by atoms with E-state index in [4.69, 9.17) is 0 Å². The van der Waals surface area contributed by atoms with Crippen molar-refractivity contribution < 1.29 is 0 Å². The van der Waals surface area contributed by atoms with E-state index in [0.29, 0.717) is 0 Å². The van der Waals surface area contributed by atoms with Crippen LogP contribution in [0.1, 0.15) is 28.1 Å². The number of likely N-dealkylation sites (N-methyl/N-ethyl adjacent to an activating group) is 1. The van der Waals surface area contributed by atoms with Crippen LogP contribution in [0.25, 0.3) is 23.2 Å². The van der Waals surface area contributed by atoms with E-state index in [2.05, 4.69) is 71.0 Å². The molecule has 0 bridgehead atoms. The van der Waals surface area contributed by atoms with E-state index < -0.39 is 0 Å². The van der Waals surface area contributed by atoms with E-state index in [0.717, 1.165) is 37.2 Å². The van der Waals surface area contributed by atoms with Gasteiger partial charge in [0.25, 0.3) is 0 Å². The molecule has 0 saturated heterocycles. The average Bonchev–Trinajstić information content (AvgIpc) is 2.75. The summed E-state index contributed by atoms with van der Waals surface area (Å²) in [5, 5.41) is 1.41. The summed E-state index contributed by atoms with van der Waals surface area (Å²) < 4.78 is 2.39. The molecule has 1 aliphatic rings. The molecule has 0 radical (unpaired) electrons. The number of fused-ring (bicyclic) bond motifs is 3. The molecule has 0 aliphatic carbocycles. The summed E-state index contributed by atoms with van der Waals surface area (Å²) >= 11 is 0. The van der Waals surface area contributed by atoms with E-state index in [1.807, 2.05) is 13.1 Å².